The van der Waals surface area contributed by atoms with E-state index < -0.39 is 0 Å². The van der Waals surface area contributed by atoms with Gasteiger partial charge < -0.3 is 15.3 Å². The van der Waals surface area contributed by atoms with E-state index >= 15 is 0 Å². The van der Waals surface area contributed by atoms with Crippen LogP contribution >= 0.6 is 11.3 Å². The number of aromatic nitrogens is 1. The first kappa shape index (κ1) is 18.3. The molecule has 0 atom stereocenters. The molecule has 5 nitrogen and oxygen atoms in total. The maximum absolute atomic E-state index is 10.3. The maximum atomic E-state index is 10.3. The Balaban J connectivity index is 1.53. The highest BCUT2D eigenvalue weighted by Crippen LogP contribution is 2.37. The number of nitrogens with zero attached hydrogens (tertiary/aromatic N) is 3. The first-order valence-electron chi connectivity index (χ1n) is 9.35. The van der Waals surface area contributed by atoms with Gasteiger partial charge in [-0.1, -0.05) is 29.5 Å². The maximum Gasteiger partial charge on any atom is 0.231 e. The van der Waals surface area contributed by atoms with Crippen molar-refractivity contribution in [3.8, 4) is 5.88 Å². The van der Waals surface area contributed by atoms with E-state index in [1.54, 1.807) is 0 Å². The minimum Gasteiger partial charge on any atom is -0.492 e. The number of allylic oxidation sites excluding steroid dienone is 1. The average Bonchev–Trinajstić information content (AvgIpc) is 3.28. The van der Waals surface area contributed by atoms with Gasteiger partial charge in [0.25, 0.3) is 0 Å². The lowest BCUT2D eigenvalue weighted by Gasteiger charge is -2.21. The molecular weight excluding hydrogens is 368 g/mol. The van der Waals surface area contributed by atoms with Crippen LogP contribution in [-0.2, 0) is 0 Å². The van der Waals surface area contributed by atoms with Crippen LogP contribution in [0, 0.1) is 0 Å². The molecule has 28 heavy (non-hydrogen) atoms. The lowest BCUT2D eigenvalue weighted by molar-refractivity contribution is 0.457. The van der Waals surface area contributed by atoms with E-state index in [9.17, 15) is 5.11 Å². The molecule has 0 bridgehead atoms. The molecule has 2 aromatic carbocycles. The number of benzene rings is 2. The third kappa shape index (κ3) is 3.64. The van der Waals surface area contributed by atoms with Crippen LogP contribution in [0.1, 0.15) is 24.3 Å². The van der Waals surface area contributed by atoms with Crippen molar-refractivity contribution in [3.63, 3.8) is 0 Å². The molecule has 0 saturated carbocycles. The van der Waals surface area contributed by atoms with E-state index in [0.717, 1.165) is 35.6 Å². The normalized spacial score (nSPS) is 13.7. The number of hydrogen-bond acceptors (Lipinski definition) is 6. The number of thiazole rings is 1. The number of nitrogens with one attached hydrogen (secondary N) is 1. The molecule has 0 saturated heterocycles. The molecule has 0 radical (unpaired) electrons. The lowest BCUT2D eigenvalue weighted by atomic mass is 10.1. The molecule has 4 rings (SSSR count). The molecule has 3 aromatic rings. The second kappa shape index (κ2) is 7.86. The van der Waals surface area contributed by atoms with Gasteiger partial charge in [-0.3, -0.25) is 4.99 Å². The van der Waals surface area contributed by atoms with Crippen LogP contribution < -0.4 is 10.2 Å². The fourth-order valence-corrected chi connectivity index (χ4v) is 4.07. The third-order valence-electron chi connectivity index (χ3n) is 4.73. The molecule has 0 unspecified atom stereocenters. The highest BCUT2D eigenvalue weighted by Gasteiger charge is 2.14. The highest BCUT2D eigenvalue weighted by molar-refractivity contribution is 7.16. The van der Waals surface area contributed by atoms with Crippen molar-refractivity contribution in [2.45, 2.75) is 13.8 Å². The molecule has 1 aliphatic heterocycles. The number of rotatable bonds is 6. The number of aromatic hydroxyl groups is 1. The van der Waals surface area contributed by atoms with Crippen LogP contribution in [0.4, 0.5) is 22.2 Å². The summed E-state index contributed by atoms with van der Waals surface area (Å²) in [5.41, 5.74) is 5.13. The SMILES string of the molecule is CCN(CC)c1ccc(Nc2nc(O)c(/C=C3/C=Nc4ccccc43)s2)cc1. The van der Waals surface area contributed by atoms with Crippen molar-refractivity contribution >= 4 is 51.4 Å². The van der Waals surface area contributed by atoms with Gasteiger partial charge in [0.2, 0.25) is 5.88 Å². The summed E-state index contributed by atoms with van der Waals surface area (Å²) in [5, 5.41) is 14.2. The largest absolute Gasteiger partial charge is 0.492 e. The third-order valence-corrected chi connectivity index (χ3v) is 5.63. The Bertz CT molecular complexity index is 1030. The summed E-state index contributed by atoms with van der Waals surface area (Å²) in [6.45, 7) is 6.26. The van der Waals surface area contributed by atoms with E-state index in [0.29, 0.717) is 10.0 Å². The molecular formula is C22H22N4OS. The van der Waals surface area contributed by atoms with Gasteiger partial charge in [-0.2, -0.15) is 4.98 Å². The van der Waals surface area contributed by atoms with E-state index in [1.165, 1.54) is 17.0 Å². The average molecular weight is 391 g/mol. The Morgan fingerprint density at radius 1 is 1.07 bits per heavy atom. The van der Waals surface area contributed by atoms with Gasteiger partial charge in [-0.25, -0.2) is 0 Å². The van der Waals surface area contributed by atoms with Gasteiger partial charge in [0.05, 0.1) is 10.6 Å². The zero-order valence-electron chi connectivity index (χ0n) is 15.9. The topological polar surface area (TPSA) is 60.8 Å². The molecule has 0 fully saturated rings. The summed E-state index contributed by atoms with van der Waals surface area (Å²) >= 11 is 1.41. The zero-order valence-corrected chi connectivity index (χ0v) is 16.7. The summed E-state index contributed by atoms with van der Waals surface area (Å²) in [7, 11) is 0. The number of fused-ring (bicyclic) bond motifs is 1. The van der Waals surface area contributed by atoms with Crippen molar-refractivity contribution in [2.75, 3.05) is 23.3 Å². The van der Waals surface area contributed by atoms with Crippen molar-refractivity contribution in [1.82, 2.24) is 4.98 Å². The molecule has 0 amide bonds. The van der Waals surface area contributed by atoms with Gasteiger partial charge in [0, 0.05) is 41.8 Å². The number of anilines is 3. The summed E-state index contributed by atoms with van der Waals surface area (Å²) < 4.78 is 0. The van der Waals surface area contributed by atoms with Gasteiger partial charge in [0.15, 0.2) is 5.13 Å². The summed E-state index contributed by atoms with van der Waals surface area (Å²) in [6, 6.07) is 16.2. The molecule has 1 aromatic heterocycles. The Labute approximate surface area is 168 Å². The van der Waals surface area contributed by atoms with Gasteiger partial charge in [-0.15, -0.1) is 0 Å². The molecule has 2 N–H and O–H groups in total. The zero-order chi connectivity index (χ0) is 19.5. The second-order valence-electron chi connectivity index (χ2n) is 6.43. The van der Waals surface area contributed by atoms with Crippen molar-refractivity contribution in [3.05, 3.63) is 59.0 Å². The first-order valence-corrected chi connectivity index (χ1v) is 10.2. The van der Waals surface area contributed by atoms with Crippen molar-refractivity contribution < 1.29 is 5.11 Å². The Kier molecular flexibility index (Phi) is 5.12. The first-order chi connectivity index (χ1) is 13.7. The number of para-hydroxylation sites is 1. The number of aliphatic imine (C=N–C) groups is 1. The van der Waals surface area contributed by atoms with Gasteiger partial charge in [-0.05, 0) is 50.3 Å². The van der Waals surface area contributed by atoms with E-state index in [1.807, 2.05) is 48.7 Å². The monoisotopic (exact) mass is 390 g/mol. The van der Waals surface area contributed by atoms with Crippen LogP contribution in [-0.4, -0.2) is 29.4 Å². The molecule has 142 valence electrons. The summed E-state index contributed by atoms with van der Waals surface area (Å²) in [5.74, 6) is 0.0255. The van der Waals surface area contributed by atoms with Crippen molar-refractivity contribution in [1.29, 1.82) is 0 Å². The van der Waals surface area contributed by atoms with Crippen LogP contribution in [0.5, 0.6) is 5.88 Å². The van der Waals surface area contributed by atoms with Crippen LogP contribution in [0.25, 0.3) is 11.6 Å². The summed E-state index contributed by atoms with van der Waals surface area (Å²) in [6.07, 6.45) is 3.75. The van der Waals surface area contributed by atoms with E-state index in [4.69, 9.17) is 0 Å². The predicted octanol–water partition coefficient (Wildman–Crippen LogP) is 5.70. The smallest absolute Gasteiger partial charge is 0.231 e. The molecule has 1 aliphatic rings. The fraction of sp³-hybridized carbons (Fsp3) is 0.182. The highest BCUT2D eigenvalue weighted by atomic mass is 32.1. The van der Waals surface area contributed by atoms with Crippen LogP contribution in [0.3, 0.4) is 0 Å². The second-order valence-corrected chi connectivity index (χ2v) is 7.46. The minimum atomic E-state index is 0.0255. The van der Waals surface area contributed by atoms with E-state index in [-0.39, 0.29) is 5.88 Å². The molecule has 0 aliphatic carbocycles. The van der Waals surface area contributed by atoms with Crippen LogP contribution in [0.15, 0.2) is 53.5 Å². The standard InChI is InChI=1S/C22H22N4OS/c1-3-26(4-2)17-11-9-16(10-12-17)24-22-25-21(27)20(28-22)13-15-14-23-19-8-6-5-7-18(15)19/h5-14,27H,3-4H2,1-2H3,(H,24,25)/b15-13-. The number of hydrogen-bond donors (Lipinski definition) is 2. The Morgan fingerprint density at radius 3 is 2.57 bits per heavy atom. The van der Waals surface area contributed by atoms with Gasteiger partial charge in [0.1, 0.15) is 0 Å². The minimum absolute atomic E-state index is 0.0255. The van der Waals surface area contributed by atoms with E-state index in [2.05, 4.69) is 46.2 Å². The predicted molar refractivity (Wildman–Crippen MR) is 120 cm³/mol. The lowest BCUT2D eigenvalue weighted by Crippen LogP contribution is -2.21. The molecule has 2 heterocycles. The van der Waals surface area contributed by atoms with Crippen molar-refractivity contribution in [2.24, 2.45) is 4.99 Å². The summed E-state index contributed by atoms with van der Waals surface area (Å²) in [4.78, 5) is 11.7. The molecule has 0 spiro atoms. The fourth-order valence-electron chi connectivity index (χ4n) is 3.23. The quantitative estimate of drug-likeness (QED) is 0.567. The van der Waals surface area contributed by atoms with Crippen LogP contribution in [0.2, 0.25) is 0 Å². The Morgan fingerprint density at radius 2 is 1.82 bits per heavy atom. The van der Waals surface area contributed by atoms with Gasteiger partial charge >= 0.3 is 0 Å². The molecule has 6 heteroatoms. The Hall–Kier alpha value is -3.12.